The van der Waals surface area contributed by atoms with Crippen LogP contribution in [0.4, 0.5) is 0 Å². The summed E-state index contributed by atoms with van der Waals surface area (Å²) in [6, 6.07) is 3.39. The fourth-order valence-electron chi connectivity index (χ4n) is 1.39. The maximum absolute atomic E-state index is 11.5. The van der Waals surface area contributed by atoms with E-state index in [-0.39, 0.29) is 12.3 Å². The molecule has 0 bridgehead atoms. The lowest BCUT2D eigenvalue weighted by Crippen LogP contribution is -2.18. The van der Waals surface area contributed by atoms with Crippen LogP contribution in [0.2, 0.25) is 0 Å². The third-order valence-electron chi connectivity index (χ3n) is 2.12. The third kappa shape index (κ3) is 1.98. The van der Waals surface area contributed by atoms with E-state index in [1.165, 1.54) is 0 Å². The highest BCUT2D eigenvalue weighted by Crippen LogP contribution is 2.35. The Hall–Kier alpha value is -1.07. The minimum Gasteiger partial charge on any atom is -0.486 e. The average Bonchev–Trinajstić information content (AvgIpc) is 2.27. The number of Topliss-reactive ketones (excluding diaryl/α,β-unsaturated/α-hetero) is 1. The van der Waals surface area contributed by atoms with Crippen molar-refractivity contribution in [3.05, 3.63) is 22.2 Å². The molecule has 2 rings (SSSR count). The van der Waals surface area contributed by atoms with Gasteiger partial charge in [0.1, 0.15) is 13.2 Å². The van der Waals surface area contributed by atoms with Crippen molar-refractivity contribution in [3.63, 3.8) is 0 Å². The van der Waals surface area contributed by atoms with Crippen molar-refractivity contribution in [3.8, 4) is 11.5 Å². The molecule has 1 aliphatic heterocycles. The van der Waals surface area contributed by atoms with Crippen molar-refractivity contribution < 1.29 is 14.3 Å². The van der Waals surface area contributed by atoms with Gasteiger partial charge in [0.25, 0.3) is 0 Å². The number of carbonyl (C=O) groups is 1. The molecule has 0 atom stereocenters. The van der Waals surface area contributed by atoms with E-state index in [0.717, 1.165) is 0 Å². The van der Waals surface area contributed by atoms with E-state index >= 15 is 0 Å². The molecule has 0 aromatic heterocycles. The molecular formula is C10H10BrNO3. The zero-order valence-corrected chi connectivity index (χ0v) is 9.54. The molecule has 0 fully saturated rings. The molecule has 0 aliphatic carbocycles. The summed E-state index contributed by atoms with van der Waals surface area (Å²) in [5.41, 5.74) is 5.84. The number of halogens is 1. The van der Waals surface area contributed by atoms with Gasteiger partial charge >= 0.3 is 0 Å². The molecule has 1 aliphatic rings. The van der Waals surface area contributed by atoms with E-state index in [4.69, 9.17) is 15.2 Å². The highest BCUT2D eigenvalue weighted by Gasteiger charge is 2.17. The van der Waals surface area contributed by atoms with E-state index < -0.39 is 0 Å². The fraction of sp³-hybridized carbons (Fsp3) is 0.300. The predicted molar refractivity (Wildman–Crippen MR) is 58.5 cm³/mol. The number of rotatable bonds is 2. The Kier molecular flexibility index (Phi) is 2.93. The summed E-state index contributed by atoms with van der Waals surface area (Å²) in [5, 5.41) is 0. The molecule has 80 valence electrons. The van der Waals surface area contributed by atoms with Crippen LogP contribution in [0.3, 0.4) is 0 Å². The van der Waals surface area contributed by atoms with Gasteiger partial charge in [0.05, 0.1) is 6.54 Å². The van der Waals surface area contributed by atoms with Gasteiger partial charge in [0, 0.05) is 10.0 Å². The first-order valence-electron chi connectivity index (χ1n) is 4.55. The molecule has 4 nitrogen and oxygen atoms in total. The number of nitrogens with two attached hydrogens (primary N) is 1. The molecule has 0 radical (unpaired) electrons. The Bertz CT molecular complexity index is 406. The SMILES string of the molecule is NCC(=O)c1cc2c(cc1Br)OCCO2. The summed E-state index contributed by atoms with van der Waals surface area (Å²) in [4.78, 5) is 11.5. The van der Waals surface area contributed by atoms with Crippen LogP contribution in [0.1, 0.15) is 10.4 Å². The van der Waals surface area contributed by atoms with E-state index in [2.05, 4.69) is 15.9 Å². The van der Waals surface area contributed by atoms with Gasteiger partial charge in [-0.15, -0.1) is 0 Å². The lowest BCUT2D eigenvalue weighted by atomic mass is 10.1. The predicted octanol–water partition coefficient (Wildman–Crippen LogP) is 1.36. The molecule has 0 unspecified atom stereocenters. The van der Waals surface area contributed by atoms with Crippen LogP contribution in [-0.4, -0.2) is 25.5 Å². The lowest BCUT2D eigenvalue weighted by molar-refractivity contribution is 0.0999. The van der Waals surface area contributed by atoms with Crippen molar-refractivity contribution >= 4 is 21.7 Å². The standard InChI is InChI=1S/C10H10BrNO3/c11-7-4-10-9(14-1-2-15-10)3-6(7)8(13)5-12/h3-4H,1-2,5,12H2. The van der Waals surface area contributed by atoms with E-state index in [0.29, 0.717) is 34.7 Å². The minimum absolute atomic E-state index is 0.0156. The molecule has 0 saturated heterocycles. The number of benzene rings is 1. The Balaban J connectivity index is 2.44. The van der Waals surface area contributed by atoms with Gasteiger partial charge in [-0.05, 0) is 28.1 Å². The molecule has 0 saturated carbocycles. The summed E-state index contributed by atoms with van der Waals surface area (Å²) in [5.74, 6) is 1.13. The number of fused-ring (bicyclic) bond motifs is 1. The molecular weight excluding hydrogens is 262 g/mol. The molecule has 1 heterocycles. The fourth-order valence-corrected chi connectivity index (χ4v) is 1.93. The first-order valence-corrected chi connectivity index (χ1v) is 5.34. The van der Waals surface area contributed by atoms with Crippen LogP contribution in [0, 0.1) is 0 Å². The Labute approximate surface area is 95.5 Å². The van der Waals surface area contributed by atoms with Gasteiger partial charge < -0.3 is 15.2 Å². The highest BCUT2D eigenvalue weighted by atomic mass is 79.9. The van der Waals surface area contributed by atoms with E-state index in [9.17, 15) is 4.79 Å². The average molecular weight is 272 g/mol. The van der Waals surface area contributed by atoms with Crippen LogP contribution in [0.5, 0.6) is 11.5 Å². The first kappa shape index (κ1) is 10.4. The smallest absolute Gasteiger partial charge is 0.177 e. The first-order chi connectivity index (χ1) is 7.22. The van der Waals surface area contributed by atoms with Gasteiger partial charge in [-0.25, -0.2) is 0 Å². The minimum atomic E-state index is -0.126. The van der Waals surface area contributed by atoms with Crippen molar-refractivity contribution in [2.75, 3.05) is 19.8 Å². The van der Waals surface area contributed by atoms with Gasteiger partial charge in [-0.2, -0.15) is 0 Å². The van der Waals surface area contributed by atoms with E-state index in [1.54, 1.807) is 12.1 Å². The maximum Gasteiger partial charge on any atom is 0.177 e. The second-order valence-corrected chi connectivity index (χ2v) is 3.96. The zero-order chi connectivity index (χ0) is 10.8. The number of hydrogen-bond acceptors (Lipinski definition) is 4. The maximum atomic E-state index is 11.5. The van der Waals surface area contributed by atoms with Crippen LogP contribution in [-0.2, 0) is 0 Å². The molecule has 0 amide bonds. The molecule has 5 heteroatoms. The second kappa shape index (κ2) is 4.20. The van der Waals surface area contributed by atoms with Crippen molar-refractivity contribution in [2.45, 2.75) is 0 Å². The summed E-state index contributed by atoms with van der Waals surface area (Å²) in [6.07, 6.45) is 0. The van der Waals surface area contributed by atoms with Crippen molar-refractivity contribution in [1.82, 2.24) is 0 Å². The summed E-state index contributed by atoms with van der Waals surface area (Å²) in [6.45, 7) is 1.02. The number of ether oxygens (including phenoxy) is 2. The van der Waals surface area contributed by atoms with Gasteiger partial charge in [0.15, 0.2) is 17.3 Å². The quantitative estimate of drug-likeness (QED) is 0.826. The van der Waals surface area contributed by atoms with Crippen LogP contribution in [0.15, 0.2) is 16.6 Å². The summed E-state index contributed by atoms with van der Waals surface area (Å²) in [7, 11) is 0. The number of ketones is 1. The van der Waals surface area contributed by atoms with Gasteiger partial charge in [0.2, 0.25) is 0 Å². The monoisotopic (exact) mass is 271 g/mol. The molecule has 1 aromatic carbocycles. The molecule has 0 spiro atoms. The van der Waals surface area contributed by atoms with Gasteiger partial charge in [-0.1, -0.05) is 0 Å². The van der Waals surface area contributed by atoms with Gasteiger partial charge in [-0.3, -0.25) is 4.79 Å². The largest absolute Gasteiger partial charge is 0.486 e. The van der Waals surface area contributed by atoms with Crippen LogP contribution in [0.25, 0.3) is 0 Å². The molecule has 15 heavy (non-hydrogen) atoms. The molecule has 2 N–H and O–H groups in total. The third-order valence-corrected chi connectivity index (χ3v) is 2.77. The number of hydrogen-bond donors (Lipinski definition) is 1. The highest BCUT2D eigenvalue weighted by molar-refractivity contribution is 9.10. The lowest BCUT2D eigenvalue weighted by Gasteiger charge is -2.19. The second-order valence-electron chi connectivity index (χ2n) is 3.10. The van der Waals surface area contributed by atoms with E-state index in [1.807, 2.05) is 0 Å². The van der Waals surface area contributed by atoms with Crippen molar-refractivity contribution in [2.24, 2.45) is 5.73 Å². The van der Waals surface area contributed by atoms with Crippen LogP contribution < -0.4 is 15.2 Å². The van der Waals surface area contributed by atoms with Crippen LogP contribution >= 0.6 is 15.9 Å². The Morgan fingerprint density at radius 2 is 1.93 bits per heavy atom. The zero-order valence-electron chi connectivity index (χ0n) is 7.96. The number of carbonyl (C=O) groups excluding carboxylic acids is 1. The Morgan fingerprint density at radius 1 is 1.33 bits per heavy atom. The van der Waals surface area contributed by atoms with Crippen molar-refractivity contribution in [1.29, 1.82) is 0 Å². The Morgan fingerprint density at radius 3 is 2.53 bits per heavy atom. The normalized spacial score (nSPS) is 13.7. The summed E-state index contributed by atoms with van der Waals surface area (Å²) < 4.78 is 11.4. The summed E-state index contributed by atoms with van der Waals surface area (Å²) >= 11 is 3.30. The topological polar surface area (TPSA) is 61.6 Å². The molecule has 1 aromatic rings.